The minimum Gasteiger partial charge on any atom is -0.360 e. The van der Waals surface area contributed by atoms with Gasteiger partial charge in [0.2, 0.25) is 0 Å². The van der Waals surface area contributed by atoms with E-state index < -0.39 is 0 Å². The minimum atomic E-state index is 0. The molecule has 0 bridgehead atoms. The van der Waals surface area contributed by atoms with Crippen molar-refractivity contribution in [3.8, 4) is 0 Å². The Kier molecular flexibility index (Phi) is 7.83. The Morgan fingerprint density at radius 1 is 1.33 bits per heavy atom. The monoisotopic (exact) mass is 460 g/mol. The van der Waals surface area contributed by atoms with Crippen LogP contribution in [0.5, 0.6) is 0 Å². The number of anilines is 1. The van der Waals surface area contributed by atoms with Gasteiger partial charge in [-0.15, -0.1) is 35.3 Å². The van der Waals surface area contributed by atoms with E-state index in [0.717, 1.165) is 51.8 Å². The van der Waals surface area contributed by atoms with Gasteiger partial charge >= 0.3 is 0 Å². The summed E-state index contributed by atoms with van der Waals surface area (Å²) < 4.78 is 2.06. The summed E-state index contributed by atoms with van der Waals surface area (Å²) in [5, 5.41) is 6.93. The zero-order chi connectivity index (χ0) is 15.9. The van der Waals surface area contributed by atoms with Crippen LogP contribution >= 0.6 is 35.3 Å². The fourth-order valence-corrected chi connectivity index (χ4v) is 3.49. The van der Waals surface area contributed by atoms with Crippen molar-refractivity contribution in [1.82, 2.24) is 19.8 Å². The van der Waals surface area contributed by atoms with Crippen LogP contribution in [0.25, 0.3) is 0 Å². The first-order chi connectivity index (χ1) is 11.4. The van der Waals surface area contributed by atoms with Crippen molar-refractivity contribution in [3.05, 3.63) is 36.2 Å². The number of imidazole rings is 1. The van der Waals surface area contributed by atoms with Crippen LogP contribution in [0.1, 0.15) is 6.92 Å². The Hall–Kier alpha value is -1.29. The molecule has 0 amide bonds. The molecule has 0 saturated carbocycles. The van der Waals surface area contributed by atoms with Crippen molar-refractivity contribution in [1.29, 1.82) is 0 Å². The third-order valence-corrected chi connectivity index (χ3v) is 4.84. The fraction of sp³-hybridized carbons (Fsp3) is 0.500. The molecule has 132 valence electrons. The summed E-state index contributed by atoms with van der Waals surface area (Å²) in [6, 6.07) is 4.32. The third kappa shape index (κ3) is 5.10. The molecule has 3 heterocycles. The van der Waals surface area contributed by atoms with Crippen LogP contribution in [0.2, 0.25) is 0 Å². The number of hydrogen-bond donors (Lipinski definition) is 1. The van der Waals surface area contributed by atoms with Gasteiger partial charge in [-0.1, -0.05) is 0 Å². The number of aliphatic imine (C=N–C) groups is 1. The van der Waals surface area contributed by atoms with E-state index >= 15 is 0 Å². The second kappa shape index (κ2) is 9.87. The fourth-order valence-electron chi connectivity index (χ4n) is 2.70. The molecule has 1 saturated heterocycles. The van der Waals surface area contributed by atoms with Crippen LogP contribution in [-0.4, -0.2) is 59.7 Å². The molecule has 8 heteroatoms. The smallest absolute Gasteiger partial charge is 0.194 e. The molecule has 0 unspecified atom stereocenters. The minimum absolute atomic E-state index is 0. The van der Waals surface area contributed by atoms with Gasteiger partial charge in [0, 0.05) is 51.7 Å². The normalized spacial score (nSPS) is 15.3. The molecular formula is C16H25IN6S. The van der Waals surface area contributed by atoms with Gasteiger partial charge in [-0.3, -0.25) is 4.99 Å². The highest BCUT2D eigenvalue weighted by atomic mass is 127. The molecule has 0 atom stereocenters. The molecule has 1 aliphatic rings. The number of halogens is 1. The highest BCUT2D eigenvalue weighted by Crippen LogP contribution is 2.22. The van der Waals surface area contributed by atoms with Crippen molar-refractivity contribution < 1.29 is 0 Å². The van der Waals surface area contributed by atoms with Crippen molar-refractivity contribution in [2.24, 2.45) is 4.99 Å². The zero-order valence-corrected chi connectivity index (χ0v) is 17.1. The first-order valence-corrected chi connectivity index (χ1v) is 9.02. The standard InChI is InChI=1S/C16H24N6S.HI/c1-2-18-16(19-6-8-20-7-5-17-14-20)22-11-9-21(10-12-22)15-4-3-13-23-15;/h3-5,7,13-14H,2,6,8-12H2,1H3,(H,18,19);1H. The Bertz CT molecular complexity index is 590. The SMILES string of the molecule is CCNC(=NCCn1ccnc1)N1CCN(c2cccs2)CC1.I. The van der Waals surface area contributed by atoms with Crippen molar-refractivity contribution in [2.45, 2.75) is 13.5 Å². The lowest BCUT2D eigenvalue weighted by atomic mass is 10.3. The molecule has 2 aromatic heterocycles. The average molecular weight is 460 g/mol. The maximum Gasteiger partial charge on any atom is 0.194 e. The van der Waals surface area contributed by atoms with E-state index in [0.29, 0.717) is 0 Å². The lowest BCUT2D eigenvalue weighted by Crippen LogP contribution is -2.52. The van der Waals surface area contributed by atoms with Gasteiger partial charge in [-0.25, -0.2) is 4.98 Å². The van der Waals surface area contributed by atoms with Crippen molar-refractivity contribution >= 4 is 46.3 Å². The summed E-state index contributed by atoms with van der Waals surface area (Å²) in [6.07, 6.45) is 5.61. The van der Waals surface area contributed by atoms with Gasteiger partial charge in [-0.2, -0.15) is 0 Å². The van der Waals surface area contributed by atoms with E-state index in [1.807, 2.05) is 23.9 Å². The maximum atomic E-state index is 4.77. The lowest BCUT2D eigenvalue weighted by Gasteiger charge is -2.37. The Labute approximate surface area is 164 Å². The van der Waals surface area contributed by atoms with Gasteiger partial charge in [-0.05, 0) is 24.4 Å². The van der Waals surface area contributed by atoms with Gasteiger partial charge in [0.1, 0.15) is 0 Å². The summed E-state index contributed by atoms with van der Waals surface area (Å²) in [5.74, 6) is 1.03. The Morgan fingerprint density at radius 3 is 2.79 bits per heavy atom. The van der Waals surface area contributed by atoms with E-state index in [2.05, 4.69) is 49.1 Å². The quantitative estimate of drug-likeness (QED) is 0.423. The van der Waals surface area contributed by atoms with Crippen LogP contribution in [0.3, 0.4) is 0 Å². The van der Waals surface area contributed by atoms with Crippen molar-refractivity contribution in [2.75, 3.05) is 44.2 Å². The van der Waals surface area contributed by atoms with Crippen LogP contribution in [0, 0.1) is 0 Å². The number of nitrogens with zero attached hydrogens (tertiary/aromatic N) is 5. The molecule has 0 radical (unpaired) electrons. The van der Waals surface area contributed by atoms with Gasteiger partial charge in [0.25, 0.3) is 0 Å². The molecular weight excluding hydrogens is 435 g/mol. The van der Waals surface area contributed by atoms with E-state index in [9.17, 15) is 0 Å². The number of nitrogens with one attached hydrogen (secondary N) is 1. The zero-order valence-electron chi connectivity index (χ0n) is 14.0. The summed E-state index contributed by atoms with van der Waals surface area (Å²) in [5.41, 5.74) is 0. The summed E-state index contributed by atoms with van der Waals surface area (Å²) >= 11 is 1.81. The molecule has 6 nitrogen and oxygen atoms in total. The van der Waals surface area contributed by atoms with E-state index in [-0.39, 0.29) is 24.0 Å². The summed E-state index contributed by atoms with van der Waals surface area (Å²) in [4.78, 5) is 13.6. The molecule has 1 N–H and O–H groups in total. The molecule has 3 rings (SSSR count). The molecule has 24 heavy (non-hydrogen) atoms. The first kappa shape index (κ1) is 19.0. The van der Waals surface area contributed by atoms with E-state index in [1.54, 1.807) is 6.20 Å². The van der Waals surface area contributed by atoms with Crippen LogP contribution in [0.15, 0.2) is 41.2 Å². The number of hydrogen-bond acceptors (Lipinski definition) is 4. The highest BCUT2D eigenvalue weighted by Gasteiger charge is 2.20. The lowest BCUT2D eigenvalue weighted by molar-refractivity contribution is 0.373. The highest BCUT2D eigenvalue weighted by molar-refractivity contribution is 14.0. The number of guanidine groups is 1. The maximum absolute atomic E-state index is 4.77. The second-order valence-corrected chi connectivity index (χ2v) is 6.39. The van der Waals surface area contributed by atoms with Crippen molar-refractivity contribution in [3.63, 3.8) is 0 Å². The van der Waals surface area contributed by atoms with E-state index in [4.69, 9.17) is 4.99 Å². The third-order valence-electron chi connectivity index (χ3n) is 3.91. The topological polar surface area (TPSA) is 48.7 Å². The Morgan fingerprint density at radius 2 is 2.17 bits per heavy atom. The predicted molar refractivity (Wildman–Crippen MR) is 112 cm³/mol. The van der Waals surface area contributed by atoms with Gasteiger partial charge < -0.3 is 19.7 Å². The molecule has 0 aromatic carbocycles. The van der Waals surface area contributed by atoms with Crippen LogP contribution in [0.4, 0.5) is 5.00 Å². The molecule has 2 aromatic rings. The average Bonchev–Trinajstić information content (AvgIpc) is 3.28. The summed E-state index contributed by atoms with van der Waals surface area (Å²) in [7, 11) is 0. The largest absolute Gasteiger partial charge is 0.360 e. The van der Waals surface area contributed by atoms with Crippen LogP contribution in [-0.2, 0) is 6.54 Å². The first-order valence-electron chi connectivity index (χ1n) is 8.14. The van der Waals surface area contributed by atoms with Crippen LogP contribution < -0.4 is 10.2 Å². The Balaban J connectivity index is 0.00000208. The summed E-state index contributed by atoms with van der Waals surface area (Å²) in [6.45, 7) is 8.76. The molecule has 0 spiro atoms. The number of aromatic nitrogens is 2. The number of rotatable bonds is 5. The molecule has 0 aliphatic carbocycles. The van der Waals surface area contributed by atoms with E-state index in [1.165, 1.54) is 5.00 Å². The molecule has 1 fully saturated rings. The van der Waals surface area contributed by atoms with Gasteiger partial charge in [0.05, 0.1) is 17.9 Å². The number of thiophene rings is 1. The molecule has 1 aliphatic heterocycles. The number of piperazine rings is 1. The second-order valence-electron chi connectivity index (χ2n) is 5.46. The predicted octanol–water partition coefficient (Wildman–Crippen LogP) is 2.35. The van der Waals surface area contributed by atoms with Gasteiger partial charge in [0.15, 0.2) is 5.96 Å².